The van der Waals surface area contributed by atoms with E-state index in [1.807, 2.05) is 11.8 Å². The molecule has 0 aromatic heterocycles. The zero-order chi connectivity index (χ0) is 13.4. The second-order valence-electron chi connectivity index (χ2n) is 4.65. The van der Waals surface area contributed by atoms with Gasteiger partial charge in [-0.05, 0) is 49.6 Å². The molecule has 1 rings (SSSR count). The lowest BCUT2D eigenvalue weighted by molar-refractivity contribution is 0.296. The third-order valence-corrected chi connectivity index (χ3v) is 4.33. The van der Waals surface area contributed by atoms with Gasteiger partial charge >= 0.3 is 0 Å². The minimum Gasteiger partial charge on any atom is -0.396 e. The molecule has 3 heteroatoms. The molecule has 2 nitrogen and oxygen atoms in total. The van der Waals surface area contributed by atoms with Gasteiger partial charge in [-0.1, -0.05) is 18.2 Å². The van der Waals surface area contributed by atoms with Crippen LogP contribution in [0.5, 0.6) is 0 Å². The van der Waals surface area contributed by atoms with Crippen LogP contribution in [-0.4, -0.2) is 29.8 Å². The second-order valence-corrected chi connectivity index (χ2v) is 5.88. The first-order chi connectivity index (χ1) is 8.66. The van der Waals surface area contributed by atoms with Crippen LogP contribution in [0.2, 0.25) is 0 Å². The highest BCUT2D eigenvalue weighted by Gasteiger charge is 2.08. The maximum atomic E-state index is 8.69. The molecule has 0 spiro atoms. The quantitative estimate of drug-likeness (QED) is 0.710. The lowest BCUT2D eigenvalue weighted by atomic mass is 9.98. The fourth-order valence-electron chi connectivity index (χ4n) is 1.97. The van der Waals surface area contributed by atoms with Gasteiger partial charge in [-0.25, -0.2) is 0 Å². The van der Waals surface area contributed by atoms with Crippen molar-refractivity contribution >= 4 is 11.8 Å². The van der Waals surface area contributed by atoms with Crippen molar-refractivity contribution in [1.29, 1.82) is 0 Å². The van der Waals surface area contributed by atoms with Gasteiger partial charge in [0.15, 0.2) is 0 Å². The van der Waals surface area contributed by atoms with E-state index < -0.39 is 0 Å². The van der Waals surface area contributed by atoms with E-state index in [0.717, 1.165) is 24.5 Å². The molecule has 0 amide bonds. The van der Waals surface area contributed by atoms with Crippen molar-refractivity contribution in [2.45, 2.75) is 33.2 Å². The number of hydrogen-bond donors (Lipinski definition) is 2. The molecule has 2 N–H and O–H groups in total. The maximum absolute atomic E-state index is 8.69. The van der Waals surface area contributed by atoms with Crippen molar-refractivity contribution < 1.29 is 5.11 Å². The summed E-state index contributed by atoms with van der Waals surface area (Å²) in [5.74, 6) is 2.16. The molecular formula is C15H25NOS. The molecular weight excluding hydrogens is 242 g/mol. The normalized spacial score (nSPS) is 12.7. The first-order valence-electron chi connectivity index (χ1n) is 6.65. The summed E-state index contributed by atoms with van der Waals surface area (Å²) < 4.78 is 0. The Kier molecular flexibility index (Phi) is 7.40. The fraction of sp³-hybridized carbons (Fsp3) is 0.600. The van der Waals surface area contributed by atoms with Crippen LogP contribution in [0.3, 0.4) is 0 Å². The number of aliphatic hydroxyl groups excluding tert-OH is 1. The molecule has 0 heterocycles. The molecule has 0 aliphatic rings. The summed E-state index contributed by atoms with van der Waals surface area (Å²) in [4.78, 5) is 0. The molecule has 0 fully saturated rings. The molecule has 1 atom stereocenters. The number of thioether (sulfide) groups is 1. The Hall–Kier alpha value is -0.510. The van der Waals surface area contributed by atoms with Gasteiger partial charge in [-0.2, -0.15) is 11.8 Å². The van der Waals surface area contributed by atoms with Gasteiger partial charge in [-0.15, -0.1) is 0 Å². The summed E-state index contributed by atoms with van der Waals surface area (Å²) in [5, 5.41) is 12.2. The highest BCUT2D eigenvalue weighted by molar-refractivity contribution is 7.99. The third-order valence-electron chi connectivity index (χ3n) is 3.26. The van der Waals surface area contributed by atoms with E-state index in [4.69, 9.17) is 5.11 Å². The van der Waals surface area contributed by atoms with Gasteiger partial charge in [0.1, 0.15) is 0 Å². The van der Waals surface area contributed by atoms with Crippen LogP contribution in [0.15, 0.2) is 18.2 Å². The predicted molar refractivity (Wildman–Crippen MR) is 81.4 cm³/mol. The topological polar surface area (TPSA) is 32.3 Å². The molecule has 1 unspecified atom stereocenters. The number of aliphatic hydroxyl groups is 1. The van der Waals surface area contributed by atoms with Gasteiger partial charge in [0.05, 0.1) is 0 Å². The maximum Gasteiger partial charge on any atom is 0.0438 e. The molecule has 1 aromatic rings. The van der Waals surface area contributed by atoms with Crippen molar-refractivity contribution in [2.24, 2.45) is 0 Å². The molecule has 0 saturated heterocycles. The second kappa shape index (κ2) is 8.57. The summed E-state index contributed by atoms with van der Waals surface area (Å²) in [7, 11) is 0. The van der Waals surface area contributed by atoms with Crippen LogP contribution in [0.25, 0.3) is 0 Å². The Bertz CT molecular complexity index is 354. The zero-order valence-corrected chi connectivity index (χ0v) is 12.5. The number of benzene rings is 1. The number of rotatable bonds is 8. The Morgan fingerprint density at radius 2 is 2.06 bits per heavy atom. The molecule has 18 heavy (non-hydrogen) atoms. The highest BCUT2D eigenvalue weighted by atomic mass is 32.2. The predicted octanol–water partition coefficient (Wildman–Crippen LogP) is 3.07. The molecule has 0 aliphatic carbocycles. The molecule has 0 aliphatic heterocycles. The van der Waals surface area contributed by atoms with Gasteiger partial charge < -0.3 is 10.4 Å². The molecule has 0 bridgehead atoms. The van der Waals surface area contributed by atoms with Crippen molar-refractivity contribution in [3.63, 3.8) is 0 Å². The van der Waals surface area contributed by atoms with Crippen molar-refractivity contribution in [3.8, 4) is 0 Å². The van der Waals surface area contributed by atoms with E-state index >= 15 is 0 Å². The largest absolute Gasteiger partial charge is 0.396 e. The average Bonchev–Trinajstić information content (AvgIpc) is 2.36. The summed E-state index contributed by atoms with van der Waals surface area (Å²) in [6.45, 7) is 7.90. The van der Waals surface area contributed by atoms with Crippen molar-refractivity contribution in [3.05, 3.63) is 34.9 Å². The van der Waals surface area contributed by atoms with Crippen LogP contribution >= 0.6 is 11.8 Å². The highest BCUT2D eigenvalue weighted by Crippen LogP contribution is 2.19. The van der Waals surface area contributed by atoms with Crippen molar-refractivity contribution in [1.82, 2.24) is 5.32 Å². The van der Waals surface area contributed by atoms with E-state index in [1.54, 1.807) is 0 Å². The van der Waals surface area contributed by atoms with E-state index in [2.05, 4.69) is 44.3 Å². The Balaban J connectivity index is 2.32. The SMILES string of the molecule is Cc1cccc(C(C)NCCSCCCO)c1C. The van der Waals surface area contributed by atoms with Gasteiger partial charge in [0, 0.05) is 24.9 Å². The first-order valence-corrected chi connectivity index (χ1v) is 7.80. The number of aryl methyl sites for hydroxylation is 1. The average molecular weight is 267 g/mol. The summed E-state index contributed by atoms with van der Waals surface area (Å²) >= 11 is 1.90. The zero-order valence-electron chi connectivity index (χ0n) is 11.7. The van der Waals surface area contributed by atoms with Gasteiger partial charge in [-0.3, -0.25) is 0 Å². The van der Waals surface area contributed by atoms with Crippen LogP contribution < -0.4 is 5.32 Å². The molecule has 102 valence electrons. The fourth-order valence-corrected chi connectivity index (χ4v) is 2.77. The van der Waals surface area contributed by atoms with E-state index in [-0.39, 0.29) is 0 Å². The summed E-state index contributed by atoms with van der Waals surface area (Å²) in [5.41, 5.74) is 4.15. The smallest absolute Gasteiger partial charge is 0.0438 e. The van der Waals surface area contributed by atoms with Gasteiger partial charge in [0.2, 0.25) is 0 Å². The minimum atomic E-state index is 0.305. The van der Waals surface area contributed by atoms with E-state index in [9.17, 15) is 0 Å². The summed E-state index contributed by atoms with van der Waals surface area (Å²) in [6.07, 6.45) is 0.900. The number of nitrogens with one attached hydrogen (secondary N) is 1. The van der Waals surface area contributed by atoms with Crippen LogP contribution in [-0.2, 0) is 0 Å². The van der Waals surface area contributed by atoms with E-state index in [0.29, 0.717) is 12.6 Å². The molecule has 0 radical (unpaired) electrons. The summed E-state index contributed by atoms with van der Waals surface area (Å²) in [6, 6.07) is 6.91. The molecule has 0 saturated carbocycles. The standard InChI is InChI=1S/C15H25NOS/c1-12-6-4-7-15(13(12)2)14(3)16-8-11-18-10-5-9-17/h4,6-7,14,16-17H,5,8-11H2,1-3H3. The third kappa shape index (κ3) is 5.01. The first kappa shape index (κ1) is 15.5. The van der Waals surface area contributed by atoms with Crippen LogP contribution in [0.1, 0.15) is 36.1 Å². The lowest BCUT2D eigenvalue weighted by Gasteiger charge is -2.17. The Morgan fingerprint density at radius 3 is 2.78 bits per heavy atom. The van der Waals surface area contributed by atoms with Crippen LogP contribution in [0, 0.1) is 13.8 Å². The number of hydrogen-bond acceptors (Lipinski definition) is 3. The Labute approximate surface area is 115 Å². The Morgan fingerprint density at radius 1 is 1.28 bits per heavy atom. The van der Waals surface area contributed by atoms with E-state index in [1.165, 1.54) is 16.7 Å². The monoisotopic (exact) mass is 267 g/mol. The minimum absolute atomic E-state index is 0.305. The van der Waals surface area contributed by atoms with Crippen molar-refractivity contribution in [2.75, 3.05) is 24.7 Å². The molecule has 1 aromatic carbocycles. The van der Waals surface area contributed by atoms with Gasteiger partial charge in [0.25, 0.3) is 0 Å². The lowest BCUT2D eigenvalue weighted by Crippen LogP contribution is -2.22. The van der Waals surface area contributed by atoms with Crippen LogP contribution in [0.4, 0.5) is 0 Å².